The van der Waals surface area contributed by atoms with Crippen molar-refractivity contribution in [2.45, 2.75) is 31.7 Å². The molecular weight excluding hydrogens is 340 g/mol. The first kappa shape index (κ1) is 17.5. The fraction of sp³-hybridized carbons (Fsp3) is 0.353. The van der Waals surface area contributed by atoms with Gasteiger partial charge in [0.25, 0.3) is 0 Å². The molecule has 8 heteroatoms. The molecule has 132 valence electrons. The summed E-state index contributed by atoms with van der Waals surface area (Å²) < 4.78 is 23.5. The van der Waals surface area contributed by atoms with Crippen LogP contribution in [0.15, 0.2) is 23.5 Å². The lowest BCUT2D eigenvalue weighted by molar-refractivity contribution is 0.325. The first-order valence-electron chi connectivity index (χ1n) is 7.90. The number of ether oxygens (including phenoxy) is 2. The van der Waals surface area contributed by atoms with E-state index in [1.807, 2.05) is 26.8 Å². The van der Waals surface area contributed by atoms with Crippen LogP contribution in [0.25, 0.3) is 11.2 Å². The average Bonchev–Trinajstić information content (AvgIpc) is 3.00. The lowest BCUT2D eigenvalue weighted by Gasteiger charge is -2.10. The van der Waals surface area contributed by atoms with Crippen LogP contribution in [0.2, 0.25) is 0 Å². The van der Waals surface area contributed by atoms with Crippen molar-refractivity contribution in [3.63, 3.8) is 0 Å². The topological polar surface area (TPSA) is 96.0 Å². The Morgan fingerprint density at radius 3 is 2.80 bits per heavy atom. The molecule has 0 aromatic carbocycles. The summed E-state index contributed by atoms with van der Waals surface area (Å²) in [5, 5.41) is 0.375. The molecule has 0 radical (unpaired) electrons. The zero-order valence-corrected chi connectivity index (χ0v) is 15.4. The summed E-state index contributed by atoms with van der Waals surface area (Å²) in [6.45, 7) is 6.25. The first-order chi connectivity index (χ1) is 12.0. The Morgan fingerprint density at radius 2 is 2.08 bits per heavy atom. The molecule has 0 saturated heterocycles. The van der Waals surface area contributed by atoms with Crippen LogP contribution in [0.3, 0.4) is 0 Å². The number of nitrogens with one attached hydrogen (secondary N) is 1. The Morgan fingerprint density at radius 1 is 1.28 bits per heavy atom. The van der Waals surface area contributed by atoms with Gasteiger partial charge in [-0.15, -0.1) is 0 Å². The van der Waals surface area contributed by atoms with Crippen LogP contribution in [0.4, 0.5) is 0 Å². The van der Waals surface area contributed by atoms with Crippen molar-refractivity contribution in [3.05, 3.63) is 35.2 Å². The number of pyridine rings is 2. The van der Waals surface area contributed by atoms with E-state index in [1.165, 1.54) is 0 Å². The fourth-order valence-electron chi connectivity index (χ4n) is 2.51. The van der Waals surface area contributed by atoms with E-state index in [9.17, 15) is 4.55 Å². The van der Waals surface area contributed by atoms with E-state index in [2.05, 4.69) is 19.9 Å². The molecule has 0 saturated carbocycles. The van der Waals surface area contributed by atoms with Gasteiger partial charge in [0.05, 0.1) is 19.4 Å². The second-order valence-electron chi connectivity index (χ2n) is 5.53. The highest BCUT2D eigenvalue weighted by atomic mass is 32.2. The van der Waals surface area contributed by atoms with Crippen molar-refractivity contribution in [2.75, 3.05) is 13.7 Å². The number of fused-ring (bicyclic) bond motifs is 1. The minimum Gasteiger partial charge on any atom is -0.609 e. The summed E-state index contributed by atoms with van der Waals surface area (Å²) in [4.78, 5) is 16.2. The second-order valence-corrected chi connectivity index (χ2v) is 6.89. The third-order valence-electron chi connectivity index (χ3n) is 3.84. The van der Waals surface area contributed by atoms with Gasteiger partial charge in [-0.1, -0.05) is 0 Å². The van der Waals surface area contributed by atoms with Crippen LogP contribution in [-0.2, 0) is 16.9 Å². The van der Waals surface area contributed by atoms with Crippen molar-refractivity contribution >= 4 is 22.3 Å². The molecular formula is C17H20N4O3S. The number of imidazole rings is 1. The molecule has 3 rings (SSSR count). The maximum Gasteiger partial charge on any atom is 0.323 e. The van der Waals surface area contributed by atoms with Crippen molar-refractivity contribution < 1.29 is 14.0 Å². The van der Waals surface area contributed by atoms with Crippen LogP contribution in [0.1, 0.15) is 23.7 Å². The number of methoxy groups -OCH3 is 1. The highest BCUT2D eigenvalue weighted by Crippen LogP contribution is 2.25. The summed E-state index contributed by atoms with van der Waals surface area (Å²) in [6, 6.07) is 3.66. The van der Waals surface area contributed by atoms with Gasteiger partial charge < -0.3 is 14.0 Å². The summed E-state index contributed by atoms with van der Waals surface area (Å²) >= 11 is -1.37. The molecule has 3 aromatic rings. The number of hydrogen-bond acceptors (Lipinski definition) is 6. The lowest BCUT2D eigenvalue weighted by atomic mass is 10.2. The third kappa shape index (κ3) is 3.54. The molecule has 0 spiro atoms. The van der Waals surface area contributed by atoms with Gasteiger partial charge in [-0.2, -0.15) is 9.97 Å². The molecule has 3 heterocycles. The van der Waals surface area contributed by atoms with Crippen molar-refractivity contribution in [3.8, 4) is 11.6 Å². The Labute approximate surface area is 149 Å². The summed E-state index contributed by atoms with van der Waals surface area (Å²) in [7, 11) is 1.60. The molecule has 3 aromatic heterocycles. The predicted octanol–water partition coefficient (Wildman–Crippen LogP) is 2.68. The van der Waals surface area contributed by atoms with Crippen molar-refractivity contribution in [1.29, 1.82) is 0 Å². The molecule has 0 bridgehead atoms. The summed E-state index contributed by atoms with van der Waals surface area (Å²) in [5.74, 6) is 1.53. The molecule has 25 heavy (non-hydrogen) atoms. The molecule has 0 amide bonds. The third-order valence-corrected chi connectivity index (χ3v) is 5.00. The van der Waals surface area contributed by atoms with Gasteiger partial charge in [0.15, 0.2) is 11.4 Å². The number of aromatic nitrogens is 4. The van der Waals surface area contributed by atoms with Gasteiger partial charge in [0, 0.05) is 28.5 Å². The van der Waals surface area contributed by atoms with Gasteiger partial charge in [0.2, 0.25) is 5.88 Å². The minimum atomic E-state index is -1.37. The quantitative estimate of drug-likeness (QED) is 0.679. The SMILES string of the molecule is CCOc1nc2[nH]c([S+]([O-])Cc3nccc(OC)c3C)nc2cc1C. The standard InChI is InChI=1S/C17H20N4O3S/c1-5-24-16-10(2)8-12-15(20-16)21-17(19-12)25(22)9-13-11(3)14(23-4)6-7-18-13/h6-8H,5,9H2,1-4H3,(H,19,20,21). The summed E-state index contributed by atoms with van der Waals surface area (Å²) in [6.07, 6.45) is 1.65. The van der Waals surface area contributed by atoms with E-state index in [1.54, 1.807) is 19.4 Å². The van der Waals surface area contributed by atoms with Gasteiger partial charge in [-0.3, -0.25) is 9.97 Å². The predicted molar refractivity (Wildman–Crippen MR) is 95.4 cm³/mol. The number of H-pyrrole nitrogens is 1. The maximum absolute atomic E-state index is 12.7. The van der Waals surface area contributed by atoms with E-state index in [0.717, 1.165) is 22.6 Å². The molecule has 1 N–H and O–H groups in total. The molecule has 0 aliphatic carbocycles. The largest absolute Gasteiger partial charge is 0.609 e. The smallest absolute Gasteiger partial charge is 0.323 e. The molecule has 1 atom stereocenters. The Bertz CT molecular complexity index is 897. The van der Waals surface area contributed by atoms with Crippen LogP contribution in [0.5, 0.6) is 11.6 Å². The van der Waals surface area contributed by atoms with Crippen molar-refractivity contribution in [2.24, 2.45) is 0 Å². The number of aromatic amines is 1. The van der Waals surface area contributed by atoms with Gasteiger partial charge >= 0.3 is 5.16 Å². The molecule has 0 aliphatic heterocycles. The first-order valence-corrected chi connectivity index (χ1v) is 9.22. The number of aryl methyl sites for hydroxylation is 1. The van der Waals surface area contributed by atoms with Crippen LogP contribution in [0, 0.1) is 13.8 Å². The summed E-state index contributed by atoms with van der Waals surface area (Å²) in [5.41, 5.74) is 3.72. The zero-order valence-electron chi connectivity index (χ0n) is 14.6. The van der Waals surface area contributed by atoms with Gasteiger partial charge in [-0.25, -0.2) is 0 Å². The van der Waals surface area contributed by atoms with E-state index in [-0.39, 0.29) is 5.75 Å². The number of hydrogen-bond donors (Lipinski definition) is 1. The molecule has 7 nitrogen and oxygen atoms in total. The molecule has 0 fully saturated rings. The maximum atomic E-state index is 12.7. The Kier molecular flexibility index (Phi) is 5.10. The Hall–Kier alpha value is -2.32. The Balaban J connectivity index is 1.88. The lowest BCUT2D eigenvalue weighted by Crippen LogP contribution is -2.10. The van der Waals surface area contributed by atoms with Crippen LogP contribution < -0.4 is 9.47 Å². The minimum absolute atomic E-state index is 0.250. The normalized spacial score (nSPS) is 12.4. The average molecular weight is 360 g/mol. The van der Waals surface area contributed by atoms with Crippen LogP contribution in [-0.4, -0.2) is 38.2 Å². The number of rotatable bonds is 6. The molecule has 0 aliphatic rings. The molecule has 1 unspecified atom stereocenters. The fourth-order valence-corrected chi connectivity index (χ4v) is 3.59. The van der Waals surface area contributed by atoms with E-state index in [4.69, 9.17) is 9.47 Å². The second kappa shape index (κ2) is 7.28. The zero-order chi connectivity index (χ0) is 18.0. The van der Waals surface area contributed by atoms with Gasteiger partial charge in [0.1, 0.15) is 11.3 Å². The van der Waals surface area contributed by atoms with E-state index >= 15 is 0 Å². The highest BCUT2D eigenvalue weighted by Gasteiger charge is 2.21. The van der Waals surface area contributed by atoms with Crippen molar-refractivity contribution in [1.82, 2.24) is 19.9 Å². The highest BCUT2D eigenvalue weighted by molar-refractivity contribution is 7.90. The van der Waals surface area contributed by atoms with Crippen LogP contribution >= 0.6 is 0 Å². The number of nitrogens with zero attached hydrogens (tertiary/aromatic N) is 3. The van der Waals surface area contributed by atoms with Gasteiger partial charge in [-0.05, 0) is 32.9 Å². The monoisotopic (exact) mass is 360 g/mol. The van der Waals surface area contributed by atoms with E-state index < -0.39 is 11.2 Å². The van der Waals surface area contributed by atoms with E-state index in [0.29, 0.717) is 28.8 Å².